The molecule has 0 N–H and O–H groups in total. The molecule has 1 fully saturated rings. The lowest BCUT2D eigenvalue weighted by atomic mass is 9.73. The molecule has 23 heavy (non-hydrogen) atoms. The van der Waals surface area contributed by atoms with Gasteiger partial charge in [0.1, 0.15) is 17.3 Å². The summed E-state index contributed by atoms with van der Waals surface area (Å²) in [6, 6.07) is 0. The maximum Gasteiger partial charge on any atom is 0.163 e. The van der Waals surface area contributed by atoms with Crippen LogP contribution in [0.1, 0.15) is 70.6 Å². The van der Waals surface area contributed by atoms with Crippen molar-refractivity contribution in [1.82, 2.24) is 0 Å². The highest BCUT2D eigenvalue weighted by atomic mass is 16.5. The number of carbonyl (C=O) groups is 3. The highest BCUT2D eigenvalue weighted by Crippen LogP contribution is 2.43. The van der Waals surface area contributed by atoms with Gasteiger partial charge in [0, 0.05) is 30.4 Å². The molecule has 0 bridgehead atoms. The summed E-state index contributed by atoms with van der Waals surface area (Å²) in [7, 11) is 1.61. The molecule has 0 unspecified atom stereocenters. The third-order valence-corrected chi connectivity index (χ3v) is 5.15. The summed E-state index contributed by atoms with van der Waals surface area (Å²) in [4.78, 5) is 36.3. The van der Waals surface area contributed by atoms with Gasteiger partial charge in [-0.2, -0.15) is 0 Å². The summed E-state index contributed by atoms with van der Waals surface area (Å²) >= 11 is 0. The van der Waals surface area contributed by atoms with E-state index in [-0.39, 0.29) is 29.7 Å². The molecule has 1 saturated carbocycles. The predicted molar refractivity (Wildman–Crippen MR) is 86.3 cm³/mol. The molecule has 2 aliphatic rings. The van der Waals surface area contributed by atoms with Crippen LogP contribution in [0.25, 0.3) is 0 Å². The largest absolute Gasteiger partial charge is 0.496 e. The van der Waals surface area contributed by atoms with Crippen LogP contribution in [-0.2, 0) is 16.0 Å². The Kier molecular flexibility index (Phi) is 4.09. The van der Waals surface area contributed by atoms with Crippen molar-refractivity contribution >= 4 is 17.3 Å². The fraction of sp³-hybridized carbons (Fsp3) is 0.526. The number of hydrogen-bond donors (Lipinski definition) is 0. The van der Waals surface area contributed by atoms with Crippen molar-refractivity contribution in [2.24, 2.45) is 0 Å². The first-order valence-corrected chi connectivity index (χ1v) is 8.20. The summed E-state index contributed by atoms with van der Waals surface area (Å²) in [5.74, 6) is 0.760. The van der Waals surface area contributed by atoms with Crippen LogP contribution in [0.2, 0.25) is 0 Å². The zero-order chi connectivity index (χ0) is 16.7. The van der Waals surface area contributed by atoms with Crippen molar-refractivity contribution in [2.75, 3.05) is 7.11 Å². The van der Waals surface area contributed by atoms with Crippen molar-refractivity contribution in [3.05, 3.63) is 27.8 Å². The highest BCUT2D eigenvalue weighted by molar-refractivity contribution is 6.03. The molecule has 0 atom stereocenters. The zero-order valence-electron chi connectivity index (χ0n) is 14.0. The van der Waals surface area contributed by atoms with Crippen molar-refractivity contribution in [3.63, 3.8) is 0 Å². The number of Topliss-reactive ketones (excluding diaryl/α,β-unsaturated/α-hetero) is 3. The molecule has 0 aromatic heterocycles. The summed E-state index contributed by atoms with van der Waals surface area (Å²) in [5, 5.41) is 0. The fourth-order valence-corrected chi connectivity index (χ4v) is 4.34. The lowest BCUT2D eigenvalue weighted by Gasteiger charge is -2.30. The zero-order valence-corrected chi connectivity index (χ0v) is 14.0. The van der Waals surface area contributed by atoms with Gasteiger partial charge in [0.25, 0.3) is 0 Å². The van der Waals surface area contributed by atoms with Gasteiger partial charge in [-0.25, -0.2) is 0 Å². The number of benzene rings is 1. The number of hydrogen-bond acceptors (Lipinski definition) is 4. The van der Waals surface area contributed by atoms with Gasteiger partial charge in [-0.15, -0.1) is 0 Å². The molecule has 0 aliphatic heterocycles. The Morgan fingerprint density at radius 3 is 2.22 bits per heavy atom. The molecule has 3 rings (SSSR count). The molecule has 0 saturated heterocycles. The van der Waals surface area contributed by atoms with Crippen molar-refractivity contribution in [1.29, 1.82) is 0 Å². The molecule has 1 aromatic carbocycles. The van der Waals surface area contributed by atoms with E-state index in [1.807, 2.05) is 13.8 Å². The van der Waals surface area contributed by atoms with E-state index in [9.17, 15) is 14.4 Å². The van der Waals surface area contributed by atoms with Crippen molar-refractivity contribution in [3.8, 4) is 5.75 Å². The molecule has 4 nitrogen and oxygen atoms in total. The lowest BCUT2D eigenvalue weighted by molar-refractivity contribution is -0.130. The normalized spacial score (nSPS) is 19.0. The van der Waals surface area contributed by atoms with E-state index in [2.05, 4.69) is 0 Å². The van der Waals surface area contributed by atoms with Gasteiger partial charge >= 0.3 is 0 Å². The van der Waals surface area contributed by atoms with E-state index >= 15 is 0 Å². The van der Waals surface area contributed by atoms with Gasteiger partial charge in [-0.1, -0.05) is 0 Å². The minimum absolute atomic E-state index is 0.000998. The first-order valence-electron chi connectivity index (χ1n) is 8.20. The van der Waals surface area contributed by atoms with Gasteiger partial charge in [0.2, 0.25) is 0 Å². The van der Waals surface area contributed by atoms with E-state index in [1.54, 1.807) is 7.11 Å². The molecule has 0 amide bonds. The van der Waals surface area contributed by atoms with Gasteiger partial charge in [0.15, 0.2) is 5.78 Å². The highest BCUT2D eigenvalue weighted by Gasteiger charge is 2.34. The average molecular weight is 314 g/mol. The second-order valence-electron chi connectivity index (χ2n) is 6.69. The smallest absolute Gasteiger partial charge is 0.163 e. The number of methoxy groups -OCH3 is 1. The summed E-state index contributed by atoms with van der Waals surface area (Å²) in [5.41, 5.74) is 4.69. The monoisotopic (exact) mass is 314 g/mol. The maximum atomic E-state index is 12.5. The van der Waals surface area contributed by atoms with Crippen LogP contribution in [0.5, 0.6) is 5.75 Å². The van der Waals surface area contributed by atoms with E-state index in [0.29, 0.717) is 19.3 Å². The van der Waals surface area contributed by atoms with Crippen LogP contribution >= 0.6 is 0 Å². The van der Waals surface area contributed by atoms with Gasteiger partial charge in [-0.3, -0.25) is 14.4 Å². The Balaban J connectivity index is 2.23. The third-order valence-electron chi connectivity index (χ3n) is 5.15. The number of carbonyl (C=O) groups excluding carboxylic acids is 3. The Labute approximate surface area is 136 Å². The first kappa shape index (κ1) is 15.9. The Morgan fingerprint density at radius 1 is 0.957 bits per heavy atom. The molecular weight excluding hydrogens is 292 g/mol. The summed E-state index contributed by atoms with van der Waals surface area (Å²) in [6.07, 6.45) is 3.06. The predicted octanol–water partition coefficient (Wildman–Crippen LogP) is 3.24. The third kappa shape index (κ3) is 2.60. The Hall–Kier alpha value is -1.97. The van der Waals surface area contributed by atoms with Gasteiger partial charge in [0.05, 0.1) is 13.5 Å². The number of rotatable bonds is 2. The van der Waals surface area contributed by atoms with Crippen LogP contribution in [0.3, 0.4) is 0 Å². The fourth-order valence-electron chi connectivity index (χ4n) is 4.34. The SMILES string of the molecule is COc1c(C)c2c(c(C3CC(=O)CC(=O)C3)c1C)CCCC2=O. The van der Waals surface area contributed by atoms with Gasteiger partial charge < -0.3 is 4.74 Å². The molecule has 2 aliphatic carbocycles. The van der Waals surface area contributed by atoms with E-state index in [1.165, 1.54) is 0 Å². The molecule has 1 aromatic rings. The minimum Gasteiger partial charge on any atom is -0.496 e. The van der Waals surface area contributed by atoms with E-state index < -0.39 is 0 Å². The maximum absolute atomic E-state index is 12.5. The summed E-state index contributed by atoms with van der Waals surface area (Å²) in [6.45, 7) is 3.90. The molecular formula is C19H22O4. The second kappa shape index (κ2) is 5.91. The second-order valence-corrected chi connectivity index (χ2v) is 6.69. The quantitative estimate of drug-likeness (QED) is 0.786. The summed E-state index contributed by atoms with van der Waals surface area (Å²) < 4.78 is 5.55. The minimum atomic E-state index is -0.113. The van der Waals surface area contributed by atoms with Crippen LogP contribution in [0.15, 0.2) is 0 Å². The first-order chi connectivity index (χ1) is 10.9. The molecule has 0 spiro atoms. The number of ether oxygens (including phenoxy) is 1. The topological polar surface area (TPSA) is 60.4 Å². The van der Waals surface area contributed by atoms with Crippen molar-refractivity contribution < 1.29 is 19.1 Å². The van der Waals surface area contributed by atoms with Gasteiger partial charge in [-0.05, 0) is 49.3 Å². The molecule has 0 radical (unpaired) electrons. The van der Waals surface area contributed by atoms with E-state index in [4.69, 9.17) is 4.74 Å². The Morgan fingerprint density at radius 2 is 1.61 bits per heavy atom. The lowest BCUT2D eigenvalue weighted by Crippen LogP contribution is -2.25. The number of fused-ring (bicyclic) bond motifs is 1. The molecule has 4 heteroatoms. The average Bonchev–Trinajstić information content (AvgIpc) is 2.46. The molecule has 122 valence electrons. The van der Waals surface area contributed by atoms with Crippen molar-refractivity contribution in [2.45, 2.75) is 58.3 Å². The van der Waals surface area contributed by atoms with Crippen LogP contribution in [0.4, 0.5) is 0 Å². The van der Waals surface area contributed by atoms with Crippen LogP contribution < -0.4 is 4.74 Å². The van der Waals surface area contributed by atoms with Crippen LogP contribution in [-0.4, -0.2) is 24.5 Å². The number of ketones is 3. The standard InChI is InChI=1S/C19H22O4/c1-10-17(12-7-13(20)9-14(21)8-12)15-5-4-6-16(22)18(15)11(2)19(10)23-3/h12H,4-9H2,1-3H3. The van der Waals surface area contributed by atoms with E-state index in [0.717, 1.165) is 46.4 Å². The Bertz CT molecular complexity index is 699. The molecule has 0 heterocycles. The van der Waals surface area contributed by atoms with Crippen LogP contribution in [0, 0.1) is 13.8 Å².